The largest absolute Gasteiger partial charge is 0.465 e. The Morgan fingerprint density at radius 3 is 2.94 bits per heavy atom. The highest BCUT2D eigenvalue weighted by Crippen LogP contribution is 2.17. The number of nitrogens with one attached hydrogen (secondary N) is 1. The van der Waals surface area contributed by atoms with Gasteiger partial charge in [-0.25, -0.2) is 9.78 Å². The van der Waals surface area contributed by atoms with Crippen LogP contribution in [0.25, 0.3) is 0 Å². The summed E-state index contributed by atoms with van der Waals surface area (Å²) in [7, 11) is 0.498. The first-order chi connectivity index (χ1) is 8.54. The number of aromatic nitrogens is 1. The highest BCUT2D eigenvalue weighted by Gasteiger charge is 2.12. The minimum atomic E-state index is -0.810. The van der Waals surface area contributed by atoms with E-state index < -0.39 is 16.8 Å². The quantitative estimate of drug-likeness (QED) is 0.582. The molecule has 0 radical (unpaired) electrons. The number of ether oxygens (including phenoxy) is 1. The molecule has 7 heteroatoms. The van der Waals surface area contributed by atoms with Crippen molar-refractivity contribution in [3.8, 4) is 0 Å². The van der Waals surface area contributed by atoms with Gasteiger partial charge in [0, 0.05) is 29.4 Å². The number of esters is 1. The Bertz CT molecular complexity index is 451. The lowest BCUT2D eigenvalue weighted by Crippen LogP contribution is -2.12. The summed E-state index contributed by atoms with van der Waals surface area (Å²) in [5, 5.41) is 3.06. The molecular formula is C11H17N3O3S. The number of hydrogen-bond donors (Lipinski definition) is 2. The lowest BCUT2D eigenvalue weighted by molar-refractivity contribution is 0.0601. The monoisotopic (exact) mass is 271 g/mol. The van der Waals surface area contributed by atoms with E-state index in [1.54, 1.807) is 6.26 Å². The highest BCUT2D eigenvalue weighted by atomic mass is 32.2. The smallest absolute Gasteiger partial charge is 0.340 e. The zero-order valence-electron chi connectivity index (χ0n) is 10.4. The standard InChI is InChI=1S/C11H17N3O3S/c1-17-11(15)8-6-10(12)14-7-9(8)13-4-3-5-18(2)16/h6-7,13H,3-5H2,1-2H3,(H2,12,14). The lowest BCUT2D eigenvalue weighted by atomic mass is 10.2. The summed E-state index contributed by atoms with van der Waals surface area (Å²) in [6.07, 6.45) is 3.89. The van der Waals surface area contributed by atoms with Crippen LogP contribution in [-0.4, -0.2) is 40.8 Å². The molecule has 0 aromatic carbocycles. The molecule has 1 unspecified atom stereocenters. The number of nitrogen functional groups attached to an aromatic ring is 1. The molecule has 0 bridgehead atoms. The molecule has 0 spiro atoms. The third kappa shape index (κ3) is 4.33. The molecule has 0 aliphatic rings. The van der Waals surface area contributed by atoms with E-state index in [9.17, 15) is 9.00 Å². The summed E-state index contributed by atoms with van der Waals surface area (Å²) in [6.45, 7) is 0.606. The SMILES string of the molecule is COC(=O)c1cc(N)ncc1NCCCS(C)=O. The molecule has 1 aromatic heterocycles. The number of carbonyl (C=O) groups is 1. The molecule has 0 saturated heterocycles. The van der Waals surface area contributed by atoms with E-state index in [0.29, 0.717) is 23.5 Å². The third-order valence-electron chi connectivity index (χ3n) is 2.25. The summed E-state index contributed by atoms with van der Waals surface area (Å²) >= 11 is 0. The molecule has 0 aliphatic carbocycles. The molecule has 0 aliphatic heterocycles. The van der Waals surface area contributed by atoms with Crippen LogP contribution in [0.1, 0.15) is 16.8 Å². The van der Waals surface area contributed by atoms with Crippen LogP contribution < -0.4 is 11.1 Å². The van der Waals surface area contributed by atoms with E-state index in [-0.39, 0.29) is 5.82 Å². The van der Waals surface area contributed by atoms with Gasteiger partial charge in [-0.3, -0.25) is 4.21 Å². The van der Waals surface area contributed by atoms with E-state index in [0.717, 1.165) is 6.42 Å². The lowest BCUT2D eigenvalue weighted by Gasteiger charge is -2.10. The molecule has 1 rings (SSSR count). The van der Waals surface area contributed by atoms with Gasteiger partial charge in [-0.05, 0) is 12.5 Å². The summed E-state index contributed by atoms with van der Waals surface area (Å²) in [5.74, 6) is 0.407. The zero-order chi connectivity index (χ0) is 13.5. The van der Waals surface area contributed by atoms with Gasteiger partial charge in [0.1, 0.15) is 5.82 Å². The van der Waals surface area contributed by atoms with E-state index in [2.05, 4.69) is 15.0 Å². The molecular weight excluding hydrogens is 254 g/mol. The van der Waals surface area contributed by atoms with Crippen molar-refractivity contribution in [2.75, 3.05) is 36.7 Å². The Kier molecular flexibility index (Phi) is 5.57. The number of anilines is 2. The number of hydrogen-bond acceptors (Lipinski definition) is 6. The fourth-order valence-electron chi connectivity index (χ4n) is 1.39. The number of pyridine rings is 1. The summed E-state index contributed by atoms with van der Waals surface area (Å²) in [6, 6.07) is 1.46. The van der Waals surface area contributed by atoms with Crippen molar-refractivity contribution in [1.29, 1.82) is 0 Å². The Balaban J connectivity index is 2.69. The van der Waals surface area contributed by atoms with Gasteiger partial charge >= 0.3 is 5.97 Å². The Morgan fingerprint density at radius 1 is 1.61 bits per heavy atom. The van der Waals surface area contributed by atoms with Crippen molar-refractivity contribution in [2.45, 2.75) is 6.42 Å². The van der Waals surface area contributed by atoms with Gasteiger partial charge in [0.05, 0.1) is 24.6 Å². The maximum absolute atomic E-state index is 11.5. The minimum Gasteiger partial charge on any atom is -0.465 e. The molecule has 3 N–H and O–H groups in total. The van der Waals surface area contributed by atoms with Crippen LogP contribution in [0.15, 0.2) is 12.3 Å². The summed E-state index contributed by atoms with van der Waals surface area (Å²) < 4.78 is 15.6. The van der Waals surface area contributed by atoms with Crippen LogP contribution in [0.5, 0.6) is 0 Å². The van der Waals surface area contributed by atoms with Crippen LogP contribution in [0.3, 0.4) is 0 Å². The van der Waals surface area contributed by atoms with Gasteiger partial charge in [-0.15, -0.1) is 0 Å². The van der Waals surface area contributed by atoms with Gasteiger partial charge in [-0.2, -0.15) is 0 Å². The van der Waals surface area contributed by atoms with Gasteiger partial charge < -0.3 is 15.8 Å². The van der Waals surface area contributed by atoms with Gasteiger partial charge in [0.15, 0.2) is 0 Å². The molecule has 1 heterocycles. The molecule has 1 aromatic rings. The van der Waals surface area contributed by atoms with Crippen molar-refractivity contribution in [3.63, 3.8) is 0 Å². The second-order valence-corrected chi connectivity index (χ2v) is 5.26. The molecule has 6 nitrogen and oxygen atoms in total. The van der Waals surface area contributed by atoms with Crippen LogP contribution in [0.2, 0.25) is 0 Å². The fraction of sp³-hybridized carbons (Fsp3) is 0.455. The zero-order valence-corrected chi connectivity index (χ0v) is 11.3. The van der Waals surface area contributed by atoms with Crippen LogP contribution in [0, 0.1) is 0 Å². The van der Waals surface area contributed by atoms with Crippen molar-refractivity contribution in [1.82, 2.24) is 4.98 Å². The minimum absolute atomic E-state index is 0.260. The van der Waals surface area contributed by atoms with Gasteiger partial charge in [0.25, 0.3) is 0 Å². The van der Waals surface area contributed by atoms with E-state index in [4.69, 9.17) is 5.73 Å². The highest BCUT2D eigenvalue weighted by molar-refractivity contribution is 7.84. The van der Waals surface area contributed by atoms with Crippen molar-refractivity contribution in [2.24, 2.45) is 0 Å². The molecule has 0 fully saturated rings. The average molecular weight is 271 g/mol. The van der Waals surface area contributed by atoms with E-state index >= 15 is 0 Å². The summed E-state index contributed by atoms with van der Waals surface area (Å²) in [5.41, 5.74) is 6.44. The number of nitrogens with two attached hydrogens (primary N) is 1. The first-order valence-electron chi connectivity index (χ1n) is 5.42. The fourth-order valence-corrected chi connectivity index (χ4v) is 1.94. The predicted molar refractivity (Wildman–Crippen MR) is 72.0 cm³/mol. The van der Waals surface area contributed by atoms with Crippen molar-refractivity contribution >= 4 is 28.3 Å². The second kappa shape index (κ2) is 6.95. The maximum Gasteiger partial charge on any atom is 0.340 e. The summed E-state index contributed by atoms with van der Waals surface area (Å²) in [4.78, 5) is 15.5. The topological polar surface area (TPSA) is 94.3 Å². The predicted octanol–water partition coefficient (Wildman–Crippen LogP) is 0.631. The van der Waals surface area contributed by atoms with Crippen molar-refractivity contribution < 1.29 is 13.7 Å². The van der Waals surface area contributed by atoms with E-state index in [1.165, 1.54) is 19.4 Å². The van der Waals surface area contributed by atoms with Crippen LogP contribution in [0.4, 0.5) is 11.5 Å². The van der Waals surface area contributed by atoms with E-state index in [1.807, 2.05) is 0 Å². The average Bonchev–Trinajstić information content (AvgIpc) is 2.34. The molecule has 0 amide bonds. The molecule has 1 atom stereocenters. The third-order valence-corrected chi connectivity index (χ3v) is 3.12. The molecule has 100 valence electrons. The number of rotatable bonds is 6. The first kappa shape index (κ1) is 14.4. The number of methoxy groups -OCH3 is 1. The Morgan fingerprint density at radius 2 is 2.33 bits per heavy atom. The molecule has 0 saturated carbocycles. The Hall–Kier alpha value is -1.63. The second-order valence-electron chi connectivity index (χ2n) is 3.70. The van der Waals surface area contributed by atoms with Crippen LogP contribution in [-0.2, 0) is 15.5 Å². The molecule has 18 heavy (non-hydrogen) atoms. The van der Waals surface area contributed by atoms with Crippen LogP contribution >= 0.6 is 0 Å². The normalized spacial score (nSPS) is 11.9. The maximum atomic E-state index is 11.5. The van der Waals surface area contributed by atoms with Gasteiger partial charge in [0.2, 0.25) is 0 Å². The Labute approximate surface area is 108 Å². The number of nitrogens with zero attached hydrogens (tertiary/aromatic N) is 1. The first-order valence-corrected chi connectivity index (χ1v) is 7.15. The van der Waals surface area contributed by atoms with Crippen molar-refractivity contribution in [3.05, 3.63) is 17.8 Å². The van der Waals surface area contributed by atoms with Gasteiger partial charge in [-0.1, -0.05) is 0 Å². The number of carbonyl (C=O) groups excluding carboxylic acids is 1.